The Kier molecular flexibility index (Phi) is 11.9. The molecule has 0 aromatic heterocycles. The predicted molar refractivity (Wildman–Crippen MR) is 265 cm³/mol. The van der Waals surface area contributed by atoms with Crippen LogP contribution < -0.4 is 9.80 Å². The fourth-order valence-electron chi connectivity index (χ4n) is 9.68. The van der Waals surface area contributed by atoms with E-state index in [9.17, 15) is 0 Å². The molecule has 2 nitrogen and oxygen atoms in total. The van der Waals surface area contributed by atoms with Gasteiger partial charge in [0.05, 0.1) is 5.70 Å². The second-order valence-electron chi connectivity index (χ2n) is 17.5. The number of rotatable bonds is 13. The lowest BCUT2D eigenvalue weighted by atomic mass is 9.66. The predicted octanol–water partition coefficient (Wildman–Crippen LogP) is 16.3. The summed E-state index contributed by atoms with van der Waals surface area (Å²) in [5, 5.41) is 0. The van der Waals surface area contributed by atoms with Crippen LogP contribution in [0.25, 0.3) is 11.3 Å². The normalized spacial score (nSPS) is 16.9. The number of anilines is 4. The smallest absolute Gasteiger partial charge is 0.0503 e. The largest absolute Gasteiger partial charge is 0.338 e. The molecule has 0 N–H and O–H groups in total. The molecule has 2 heteroatoms. The molecule has 0 radical (unpaired) electrons. The Balaban J connectivity index is 1.26. The molecule has 0 saturated carbocycles. The van der Waals surface area contributed by atoms with Gasteiger partial charge in [-0.15, -0.1) is 0 Å². The van der Waals surface area contributed by atoms with Gasteiger partial charge < -0.3 is 9.80 Å². The Morgan fingerprint density at radius 2 is 1.03 bits per heavy atom. The van der Waals surface area contributed by atoms with Crippen molar-refractivity contribution in [3.05, 3.63) is 251 Å². The van der Waals surface area contributed by atoms with E-state index >= 15 is 0 Å². The topological polar surface area (TPSA) is 6.48 Å². The van der Waals surface area contributed by atoms with Gasteiger partial charge >= 0.3 is 0 Å². The molecule has 308 valence electrons. The van der Waals surface area contributed by atoms with Gasteiger partial charge in [-0.2, -0.15) is 0 Å². The number of para-hydroxylation sites is 2. The first kappa shape index (κ1) is 40.7. The number of hydrogen-bond donors (Lipinski definition) is 0. The molecular weight excluding hydrogens is 749 g/mol. The van der Waals surface area contributed by atoms with Gasteiger partial charge in [0.25, 0.3) is 0 Å². The third kappa shape index (κ3) is 8.10. The summed E-state index contributed by atoms with van der Waals surface area (Å²) >= 11 is 0. The monoisotopic (exact) mass is 806 g/mol. The minimum atomic E-state index is 0.148. The molecule has 7 aromatic rings. The number of hydrogen-bond acceptors (Lipinski definition) is 2. The van der Waals surface area contributed by atoms with Crippen LogP contribution in [-0.2, 0) is 0 Å². The Labute approximate surface area is 370 Å². The van der Waals surface area contributed by atoms with Gasteiger partial charge in [-0.3, -0.25) is 0 Å². The van der Waals surface area contributed by atoms with E-state index in [1.165, 1.54) is 72.8 Å². The van der Waals surface area contributed by atoms with Gasteiger partial charge in [-0.25, -0.2) is 0 Å². The van der Waals surface area contributed by atoms with Gasteiger partial charge in [0.2, 0.25) is 0 Å². The summed E-state index contributed by atoms with van der Waals surface area (Å²) in [7, 11) is 0. The van der Waals surface area contributed by atoms with E-state index in [2.05, 4.69) is 251 Å². The van der Waals surface area contributed by atoms with Crippen molar-refractivity contribution in [3.63, 3.8) is 0 Å². The molecule has 0 spiro atoms. The second kappa shape index (κ2) is 18.1. The summed E-state index contributed by atoms with van der Waals surface area (Å²) in [4.78, 5) is 4.95. The summed E-state index contributed by atoms with van der Waals surface area (Å²) in [6.07, 6.45) is 11.1. The van der Waals surface area contributed by atoms with E-state index in [1.54, 1.807) is 0 Å². The Morgan fingerprint density at radius 3 is 1.61 bits per heavy atom. The van der Waals surface area contributed by atoms with E-state index in [0.29, 0.717) is 18.4 Å². The Bertz CT molecular complexity index is 2670. The van der Waals surface area contributed by atoms with Crippen LogP contribution in [0.3, 0.4) is 0 Å². The van der Waals surface area contributed by atoms with Crippen molar-refractivity contribution < 1.29 is 0 Å². The van der Waals surface area contributed by atoms with Crippen LogP contribution >= 0.6 is 0 Å². The minimum Gasteiger partial charge on any atom is -0.338 e. The highest BCUT2D eigenvalue weighted by Crippen LogP contribution is 2.54. The zero-order chi connectivity index (χ0) is 42.6. The molecule has 0 bridgehead atoms. The van der Waals surface area contributed by atoms with E-state index in [-0.39, 0.29) is 17.8 Å². The minimum absolute atomic E-state index is 0.148. The molecule has 0 amide bonds. The summed E-state index contributed by atoms with van der Waals surface area (Å²) in [6, 6.07) is 67.3. The maximum absolute atomic E-state index is 2.56. The quantitative estimate of drug-likeness (QED) is 0.107. The molecule has 0 fully saturated rings. The third-order valence-corrected chi connectivity index (χ3v) is 13.0. The van der Waals surface area contributed by atoms with Crippen LogP contribution in [-0.4, -0.2) is 6.54 Å². The first-order valence-electron chi connectivity index (χ1n) is 22.7. The lowest BCUT2D eigenvalue weighted by Gasteiger charge is -2.41. The van der Waals surface area contributed by atoms with E-state index in [1.807, 2.05) is 0 Å². The summed E-state index contributed by atoms with van der Waals surface area (Å²) in [5.41, 5.74) is 18.0. The molecule has 0 saturated heterocycles. The van der Waals surface area contributed by atoms with Gasteiger partial charge in [-0.1, -0.05) is 192 Å². The molecule has 3 atom stereocenters. The van der Waals surface area contributed by atoms with Crippen molar-refractivity contribution in [2.45, 2.75) is 70.6 Å². The summed E-state index contributed by atoms with van der Waals surface area (Å²) < 4.78 is 0. The maximum atomic E-state index is 2.56. The van der Waals surface area contributed by atoms with Crippen molar-refractivity contribution in [2.75, 3.05) is 16.3 Å². The average molecular weight is 807 g/mol. The standard InChI is InChI=1S/C60H58N2/c1-6-44-31-36-55-57(48-21-13-8-14-22-48)41-58(62(51-25-17-10-18-26-51)52-34-29-46(30-35-52)43(4)5)56-38-37-54(59(44)60(55)56)53(47-19-11-7-12-20-47)39-40-61(49-23-15-9-16-24-49)50-32-27-45(28-33-50)42(2)3/h7-39,41-44,55,57H,6,40H2,1-5H3/b53-39-. The van der Waals surface area contributed by atoms with Gasteiger partial charge in [0.15, 0.2) is 0 Å². The SMILES string of the molecule is CCC1C=CC2c3c(ccc(/C(=C\CN(c4ccccc4)c4ccc(C(C)C)cc4)c4ccccc4)c31)C(N(c1ccccc1)c1ccc(C(C)C)cc1)=CC2c1ccccc1. The average Bonchev–Trinajstić information content (AvgIpc) is 3.33. The molecule has 9 rings (SSSR count). The zero-order valence-electron chi connectivity index (χ0n) is 36.8. The zero-order valence-corrected chi connectivity index (χ0v) is 36.8. The molecule has 0 heterocycles. The lowest BCUT2D eigenvalue weighted by Crippen LogP contribution is -2.27. The highest BCUT2D eigenvalue weighted by molar-refractivity contribution is 5.93. The van der Waals surface area contributed by atoms with Crippen LogP contribution in [0.5, 0.6) is 0 Å². The molecule has 2 aliphatic rings. The Hall–Kier alpha value is -6.64. The van der Waals surface area contributed by atoms with Crippen molar-refractivity contribution in [2.24, 2.45) is 0 Å². The van der Waals surface area contributed by atoms with Crippen molar-refractivity contribution in [3.8, 4) is 0 Å². The number of benzene rings is 7. The third-order valence-electron chi connectivity index (χ3n) is 13.0. The first-order valence-corrected chi connectivity index (χ1v) is 22.7. The van der Waals surface area contributed by atoms with Gasteiger partial charge in [0, 0.05) is 52.6 Å². The molecule has 0 aliphatic heterocycles. The van der Waals surface area contributed by atoms with Crippen molar-refractivity contribution >= 4 is 34.0 Å². The van der Waals surface area contributed by atoms with E-state index in [4.69, 9.17) is 0 Å². The molecule has 62 heavy (non-hydrogen) atoms. The van der Waals surface area contributed by atoms with Crippen LogP contribution in [0.1, 0.15) is 115 Å². The van der Waals surface area contributed by atoms with Gasteiger partial charge in [0.1, 0.15) is 0 Å². The fraction of sp³-hybridized carbons (Fsp3) is 0.200. The molecule has 3 unspecified atom stereocenters. The lowest BCUT2D eigenvalue weighted by molar-refractivity contribution is 0.665. The maximum Gasteiger partial charge on any atom is 0.0503 e. The first-order chi connectivity index (χ1) is 30.4. The Morgan fingerprint density at radius 1 is 0.516 bits per heavy atom. The van der Waals surface area contributed by atoms with E-state index < -0.39 is 0 Å². The van der Waals surface area contributed by atoms with Gasteiger partial charge in [-0.05, 0) is 111 Å². The van der Waals surface area contributed by atoms with Crippen LogP contribution in [0.4, 0.5) is 22.7 Å². The van der Waals surface area contributed by atoms with Crippen molar-refractivity contribution in [1.29, 1.82) is 0 Å². The summed E-state index contributed by atoms with van der Waals surface area (Å²) in [6.45, 7) is 12.1. The van der Waals surface area contributed by atoms with E-state index in [0.717, 1.165) is 12.1 Å². The summed E-state index contributed by atoms with van der Waals surface area (Å²) in [5.74, 6) is 1.54. The van der Waals surface area contributed by atoms with Crippen molar-refractivity contribution in [1.82, 2.24) is 0 Å². The number of nitrogens with zero attached hydrogens (tertiary/aromatic N) is 2. The highest BCUT2D eigenvalue weighted by Gasteiger charge is 2.38. The molecular formula is C60H58N2. The van der Waals surface area contributed by atoms with Crippen LogP contribution in [0.15, 0.2) is 206 Å². The molecule has 2 aliphatic carbocycles. The number of allylic oxidation sites excluding steroid dienone is 3. The highest BCUT2D eigenvalue weighted by atomic mass is 15.2. The molecule has 7 aromatic carbocycles. The fourth-order valence-corrected chi connectivity index (χ4v) is 9.68. The van der Waals surface area contributed by atoms with Crippen LogP contribution in [0, 0.1) is 0 Å². The van der Waals surface area contributed by atoms with Crippen LogP contribution in [0.2, 0.25) is 0 Å². The second-order valence-corrected chi connectivity index (χ2v) is 17.5.